The van der Waals surface area contributed by atoms with Crippen molar-refractivity contribution in [3.05, 3.63) is 35.4 Å². The molecule has 2 saturated heterocycles. The smallest absolute Gasteiger partial charge is 0.150 e. The van der Waals surface area contributed by atoms with E-state index in [1.54, 1.807) is 0 Å². The number of epoxide rings is 2. The van der Waals surface area contributed by atoms with Crippen LogP contribution in [0, 0.1) is 6.92 Å². The zero-order chi connectivity index (χ0) is 11.4. The first-order valence-corrected chi connectivity index (χ1v) is 5.69. The standard InChI is InChI=1S/C13H17NO2/c1-9-6-4-5-7-10(9)11-13(3,16-11)14-12(2)8-15-12/h4-7,11,14H,8H2,1-3H3. The molecule has 2 aliphatic rings. The maximum Gasteiger partial charge on any atom is 0.150 e. The van der Waals surface area contributed by atoms with Crippen molar-refractivity contribution in [1.29, 1.82) is 0 Å². The summed E-state index contributed by atoms with van der Waals surface area (Å²) in [6.07, 6.45) is 0.148. The number of hydrogen-bond donors (Lipinski definition) is 1. The highest BCUT2D eigenvalue weighted by atomic mass is 16.7. The van der Waals surface area contributed by atoms with Crippen molar-refractivity contribution < 1.29 is 9.47 Å². The Balaban J connectivity index is 1.77. The third kappa shape index (κ3) is 1.65. The predicted molar refractivity (Wildman–Crippen MR) is 60.9 cm³/mol. The van der Waals surface area contributed by atoms with Gasteiger partial charge in [0.2, 0.25) is 0 Å². The molecule has 0 bridgehead atoms. The number of hydrogen-bond acceptors (Lipinski definition) is 3. The van der Waals surface area contributed by atoms with Crippen LogP contribution in [0.2, 0.25) is 0 Å². The molecule has 1 aromatic carbocycles. The monoisotopic (exact) mass is 219 g/mol. The van der Waals surface area contributed by atoms with Gasteiger partial charge in [0.25, 0.3) is 0 Å². The predicted octanol–water partition coefficient (Wildman–Crippen LogP) is 2.12. The number of ether oxygens (including phenoxy) is 2. The van der Waals surface area contributed by atoms with E-state index < -0.39 is 0 Å². The van der Waals surface area contributed by atoms with Gasteiger partial charge < -0.3 is 9.47 Å². The first-order chi connectivity index (χ1) is 7.53. The van der Waals surface area contributed by atoms with Gasteiger partial charge in [0.1, 0.15) is 17.6 Å². The SMILES string of the molecule is Cc1ccccc1C1OC1(C)NC1(C)CO1. The van der Waals surface area contributed by atoms with Crippen LogP contribution in [0.25, 0.3) is 0 Å². The topological polar surface area (TPSA) is 37.1 Å². The molecule has 1 N–H and O–H groups in total. The maximum absolute atomic E-state index is 5.80. The van der Waals surface area contributed by atoms with Crippen LogP contribution in [-0.4, -0.2) is 18.1 Å². The molecule has 3 unspecified atom stereocenters. The van der Waals surface area contributed by atoms with E-state index in [-0.39, 0.29) is 17.6 Å². The highest BCUT2D eigenvalue weighted by Gasteiger charge is 2.59. The van der Waals surface area contributed by atoms with Crippen LogP contribution in [-0.2, 0) is 9.47 Å². The fourth-order valence-electron chi connectivity index (χ4n) is 2.25. The van der Waals surface area contributed by atoms with Crippen LogP contribution >= 0.6 is 0 Å². The molecule has 3 nitrogen and oxygen atoms in total. The fraction of sp³-hybridized carbons (Fsp3) is 0.538. The van der Waals surface area contributed by atoms with E-state index in [1.165, 1.54) is 11.1 Å². The van der Waals surface area contributed by atoms with Crippen LogP contribution in [0.1, 0.15) is 31.1 Å². The summed E-state index contributed by atoms with van der Waals surface area (Å²) in [7, 11) is 0. The van der Waals surface area contributed by atoms with Crippen LogP contribution in [0.15, 0.2) is 24.3 Å². The summed E-state index contributed by atoms with van der Waals surface area (Å²) in [5.41, 5.74) is 2.10. The lowest BCUT2D eigenvalue weighted by atomic mass is 10.0. The van der Waals surface area contributed by atoms with Crippen molar-refractivity contribution >= 4 is 0 Å². The largest absolute Gasteiger partial charge is 0.354 e. The minimum absolute atomic E-state index is 0.148. The van der Waals surface area contributed by atoms with Gasteiger partial charge in [-0.3, -0.25) is 5.32 Å². The van der Waals surface area contributed by atoms with E-state index in [0.29, 0.717) is 0 Å². The van der Waals surface area contributed by atoms with Gasteiger partial charge in [0, 0.05) is 0 Å². The van der Waals surface area contributed by atoms with Crippen molar-refractivity contribution in [2.75, 3.05) is 6.61 Å². The van der Waals surface area contributed by atoms with Crippen molar-refractivity contribution in [3.63, 3.8) is 0 Å². The summed E-state index contributed by atoms with van der Waals surface area (Å²) >= 11 is 0. The Hall–Kier alpha value is -0.900. The molecule has 1 aromatic rings. The van der Waals surface area contributed by atoms with E-state index >= 15 is 0 Å². The third-order valence-corrected chi connectivity index (χ3v) is 3.37. The van der Waals surface area contributed by atoms with Gasteiger partial charge in [-0.25, -0.2) is 0 Å². The minimum atomic E-state index is -0.267. The zero-order valence-corrected chi connectivity index (χ0v) is 9.91. The molecule has 0 saturated carbocycles. The van der Waals surface area contributed by atoms with E-state index in [0.717, 1.165) is 6.61 Å². The molecule has 0 aliphatic carbocycles. The molecular formula is C13H17NO2. The summed E-state index contributed by atoms with van der Waals surface area (Å²) in [5.74, 6) is 0. The lowest BCUT2D eigenvalue weighted by Crippen LogP contribution is -2.40. The molecule has 2 aliphatic heterocycles. The van der Waals surface area contributed by atoms with Crippen molar-refractivity contribution in [1.82, 2.24) is 5.32 Å². The van der Waals surface area contributed by atoms with E-state index in [1.807, 2.05) is 0 Å². The average molecular weight is 219 g/mol. The molecule has 2 heterocycles. The summed E-state index contributed by atoms with van der Waals surface area (Å²) in [4.78, 5) is 0. The molecule has 0 amide bonds. The quantitative estimate of drug-likeness (QED) is 0.791. The van der Waals surface area contributed by atoms with Crippen LogP contribution < -0.4 is 5.32 Å². The molecular weight excluding hydrogens is 202 g/mol. The molecule has 0 radical (unpaired) electrons. The second kappa shape index (κ2) is 3.06. The van der Waals surface area contributed by atoms with Gasteiger partial charge in [-0.05, 0) is 31.9 Å². The molecule has 2 fully saturated rings. The first-order valence-electron chi connectivity index (χ1n) is 5.69. The molecule has 3 rings (SSSR count). The van der Waals surface area contributed by atoms with E-state index in [2.05, 4.69) is 50.4 Å². The maximum atomic E-state index is 5.80. The molecule has 0 spiro atoms. The normalized spacial score (nSPS) is 40.8. The summed E-state index contributed by atoms with van der Waals surface area (Å²) in [5, 5.41) is 3.41. The van der Waals surface area contributed by atoms with Crippen LogP contribution in [0.4, 0.5) is 0 Å². The van der Waals surface area contributed by atoms with Crippen molar-refractivity contribution in [2.24, 2.45) is 0 Å². The number of aryl methyl sites for hydroxylation is 1. The van der Waals surface area contributed by atoms with Gasteiger partial charge in [0.15, 0.2) is 0 Å². The third-order valence-electron chi connectivity index (χ3n) is 3.37. The Bertz CT molecular complexity index is 428. The molecule has 3 heteroatoms. The Morgan fingerprint density at radius 3 is 2.62 bits per heavy atom. The summed E-state index contributed by atoms with van der Waals surface area (Å²) in [6, 6.07) is 8.35. The molecule has 86 valence electrons. The second-order valence-electron chi connectivity index (χ2n) is 5.11. The molecule has 0 aromatic heterocycles. The Labute approximate surface area is 95.8 Å². The van der Waals surface area contributed by atoms with Crippen LogP contribution in [0.5, 0.6) is 0 Å². The summed E-state index contributed by atoms with van der Waals surface area (Å²) < 4.78 is 11.1. The molecule has 16 heavy (non-hydrogen) atoms. The Morgan fingerprint density at radius 2 is 2.00 bits per heavy atom. The lowest BCUT2D eigenvalue weighted by Gasteiger charge is -2.13. The van der Waals surface area contributed by atoms with Gasteiger partial charge in [0.05, 0.1) is 6.61 Å². The van der Waals surface area contributed by atoms with Crippen molar-refractivity contribution in [3.8, 4) is 0 Å². The Kier molecular flexibility index (Phi) is 1.97. The average Bonchev–Trinajstić information content (AvgIpc) is 3.08. The van der Waals surface area contributed by atoms with Gasteiger partial charge in [-0.15, -0.1) is 0 Å². The first kappa shape index (κ1) is 10.3. The number of nitrogens with one attached hydrogen (secondary N) is 1. The van der Waals surface area contributed by atoms with E-state index in [9.17, 15) is 0 Å². The van der Waals surface area contributed by atoms with Gasteiger partial charge in [-0.1, -0.05) is 24.3 Å². The zero-order valence-electron chi connectivity index (χ0n) is 9.91. The number of rotatable bonds is 3. The second-order valence-corrected chi connectivity index (χ2v) is 5.11. The van der Waals surface area contributed by atoms with Gasteiger partial charge in [-0.2, -0.15) is 0 Å². The Morgan fingerprint density at radius 1 is 1.31 bits per heavy atom. The van der Waals surface area contributed by atoms with Gasteiger partial charge >= 0.3 is 0 Å². The van der Waals surface area contributed by atoms with Crippen molar-refractivity contribution in [2.45, 2.75) is 38.3 Å². The van der Waals surface area contributed by atoms with Crippen LogP contribution in [0.3, 0.4) is 0 Å². The fourth-order valence-corrected chi connectivity index (χ4v) is 2.25. The lowest BCUT2D eigenvalue weighted by molar-refractivity contribution is 0.182. The minimum Gasteiger partial charge on any atom is -0.354 e. The summed E-state index contributed by atoms with van der Waals surface area (Å²) in [6.45, 7) is 7.02. The number of benzene rings is 1. The highest BCUT2D eigenvalue weighted by Crippen LogP contribution is 2.50. The van der Waals surface area contributed by atoms with E-state index in [4.69, 9.17) is 9.47 Å². The highest BCUT2D eigenvalue weighted by molar-refractivity contribution is 5.33. The molecule has 3 atom stereocenters.